The Morgan fingerprint density at radius 3 is 1.67 bits per heavy atom. The first-order valence-corrected chi connectivity index (χ1v) is 7.66. The van der Waals surface area contributed by atoms with Crippen molar-refractivity contribution in [1.29, 1.82) is 0 Å². The van der Waals surface area contributed by atoms with E-state index in [1.807, 2.05) is 12.1 Å². The highest BCUT2D eigenvalue weighted by Gasteiger charge is 2.46. The van der Waals surface area contributed by atoms with Gasteiger partial charge in [0.15, 0.2) is 0 Å². The molecule has 2 nitrogen and oxygen atoms in total. The molecule has 0 amide bonds. The fourth-order valence-electron chi connectivity index (χ4n) is 3.09. The molecule has 1 aliphatic heterocycles. The molecule has 3 rings (SSSR count). The van der Waals surface area contributed by atoms with Gasteiger partial charge in [0.1, 0.15) is 0 Å². The Balaban J connectivity index is 1.89. The van der Waals surface area contributed by atoms with Gasteiger partial charge in [-0.05, 0) is 17.0 Å². The van der Waals surface area contributed by atoms with Crippen LogP contribution in [0.5, 0.6) is 0 Å². The number of rotatable bonds is 4. The Morgan fingerprint density at radius 2 is 1.29 bits per heavy atom. The minimum Gasteiger partial charge on any atom is -0.387 e. The highest BCUT2D eigenvalue weighted by Crippen LogP contribution is 2.38. The van der Waals surface area contributed by atoms with E-state index in [4.69, 9.17) is 0 Å². The van der Waals surface area contributed by atoms with Crippen LogP contribution < -0.4 is 0 Å². The van der Waals surface area contributed by atoms with Crippen molar-refractivity contribution in [3.63, 3.8) is 0 Å². The van der Waals surface area contributed by atoms with Gasteiger partial charge in [0, 0.05) is 13.1 Å². The molecule has 1 N–H and O–H groups in total. The Kier molecular flexibility index (Phi) is 3.83. The lowest BCUT2D eigenvalue weighted by atomic mass is 9.80. The molecule has 110 valence electrons. The fourth-order valence-corrected chi connectivity index (χ4v) is 3.09. The Bertz CT molecular complexity index is 534. The maximum absolute atomic E-state index is 10.6. The molecule has 0 atom stereocenters. The quantitative estimate of drug-likeness (QED) is 0.927. The van der Waals surface area contributed by atoms with E-state index in [2.05, 4.69) is 67.3 Å². The summed E-state index contributed by atoms with van der Waals surface area (Å²) in [6.45, 7) is 5.66. The summed E-state index contributed by atoms with van der Waals surface area (Å²) in [7, 11) is 0. The first kappa shape index (κ1) is 14.3. The van der Waals surface area contributed by atoms with Gasteiger partial charge >= 0.3 is 0 Å². The van der Waals surface area contributed by atoms with Crippen LogP contribution in [0.1, 0.15) is 31.0 Å². The smallest absolute Gasteiger partial charge is 0.0923 e. The molecule has 1 aliphatic rings. The molecule has 1 heterocycles. The molecule has 2 aromatic carbocycles. The van der Waals surface area contributed by atoms with Crippen LogP contribution in [0.15, 0.2) is 60.7 Å². The Labute approximate surface area is 127 Å². The normalized spacial score (nSPS) is 18.0. The summed E-state index contributed by atoms with van der Waals surface area (Å²) >= 11 is 0. The molecular weight excluding hydrogens is 258 g/mol. The molecule has 0 spiro atoms. The molecule has 2 heteroatoms. The van der Waals surface area contributed by atoms with Gasteiger partial charge in [-0.2, -0.15) is 0 Å². The summed E-state index contributed by atoms with van der Waals surface area (Å²) in [5.41, 5.74) is 2.03. The van der Waals surface area contributed by atoms with Crippen molar-refractivity contribution in [3.8, 4) is 0 Å². The summed E-state index contributed by atoms with van der Waals surface area (Å²) in [4.78, 5) is 2.37. The van der Waals surface area contributed by atoms with Gasteiger partial charge in [-0.1, -0.05) is 74.5 Å². The molecule has 21 heavy (non-hydrogen) atoms. The SMILES string of the molecule is CC(C)C1(O)CN(C(c2ccccc2)c2ccccc2)C1. The number of hydrogen-bond acceptors (Lipinski definition) is 2. The molecule has 0 unspecified atom stereocenters. The molecule has 0 bridgehead atoms. The zero-order chi connectivity index (χ0) is 14.9. The molecule has 0 aliphatic carbocycles. The van der Waals surface area contributed by atoms with E-state index in [9.17, 15) is 5.11 Å². The second-order valence-electron chi connectivity index (χ2n) is 6.39. The van der Waals surface area contributed by atoms with Gasteiger partial charge < -0.3 is 5.11 Å². The summed E-state index contributed by atoms with van der Waals surface area (Å²) in [6, 6.07) is 21.3. The molecule has 0 radical (unpaired) electrons. The molecule has 0 aromatic heterocycles. The molecule has 2 aromatic rings. The van der Waals surface area contributed by atoms with Crippen molar-refractivity contribution in [3.05, 3.63) is 71.8 Å². The zero-order valence-electron chi connectivity index (χ0n) is 12.7. The average molecular weight is 281 g/mol. The van der Waals surface area contributed by atoms with Gasteiger partial charge in [-0.25, -0.2) is 0 Å². The van der Waals surface area contributed by atoms with E-state index in [0.29, 0.717) is 5.92 Å². The highest BCUT2D eigenvalue weighted by molar-refractivity contribution is 5.33. The van der Waals surface area contributed by atoms with Crippen LogP contribution in [0.4, 0.5) is 0 Å². The van der Waals surface area contributed by atoms with Crippen LogP contribution >= 0.6 is 0 Å². The predicted molar refractivity (Wildman–Crippen MR) is 86.1 cm³/mol. The Hall–Kier alpha value is -1.64. The van der Waals surface area contributed by atoms with Gasteiger partial charge in [-0.15, -0.1) is 0 Å². The standard InChI is InChI=1S/C19H23NO/c1-15(2)19(21)13-20(14-19)18(16-9-5-3-6-10-16)17-11-7-4-8-12-17/h3-12,15,18,21H,13-14H2,1-2H3. The van der Waals surface area contributed by atoms with Gasteiger partial charge in [0.25, 0.3) is 0 Å². The van der Waals surface area contributed by atoms with Crippen molar-refractivity contribution < 1.29 is 5.11 Å². The number of aliphatic hydroxyl groups is 1. The topological polar surface area (TPSA) is 23.5 Å². The predicted octanol–water partition coefficient (Wildman–Crippen LogP) is 3.48. The van der Waals surface area contributed by atoms with E-state index in [1.165, 1.54) is 11.1 Å². The van der Waals surface area contributed by atoms with Crippen molar-refractivity contribution >= 4 is 0 Å². The van der Waals surface area contributed by atoms with Gasteiger partial charge in [0.2, 0.25) is 0 Å². The number of β-amino-alcohol motifs (C(OH)–C–C–N with tert-alkyl or cyclic N) is 1. The van der Waals surface area contributed by atoms with Crippen LogP contribution in [-0.4, -0.2) is 28.7 Å². The van der Waals surface area contributed by atoms with E-state index in [1.54, 1.807) is 0 Å². The van der Waals surface area contributed by atoms with Crippen molar-refractivity contribution in [2.24, 2.45) is 5.92 Å². The van der Waals surface area contributed by atoms with E-state index in [-0.39, 0.29) is 6.04 Å². The lowest BCUT2D eigenvalue weighted by Crippen LogP contribution is -2.65. The molecular formula is C19H23NO. The maximum Gasteiger partial charge on any atom is 0.0923 e. The van der Waals surface area contributed by atoms with Crippen LogP contribution in [0.2, 0.25) is 0 Å². The third-order valence-corrected chi connectivity index (χ3v) is 4.62. The lowest BCUT2D eigenvalue weighted by Gasteiger charge is -2.52. The summed E-state index contributed by atoms with van der Waals surface area (Å²) in [5, 5.41) is 10.6. The minimum absolute atomic E-state index is 0.228. The van der Waals surface area contributed by atoms with Crippen molar-refractivity contribution in [1.82, 2.24) is 4.90 Å². The van der Waals surface area contributed by atoms with E-state index >= 15 is 0 Å². The van der Waals surface area contributed by atoms with Gasteiger partial charge in [0.05, 0.1) is 11.6 Å². The van der Waals surface area contributed by atoms with Crippen LogP contribution in [-0.2, 0) is 0 Å². The number of likely N-dealkylation sites (tertiary alicyclic amines) is 1. The number of hydrogen-bond donors (Lipinski definition) is 1. The largest absolute Gasteiger partial charge is 0.387 e. The molecule has 1 fully saturated rings. The van der Waals surface area contributed by atoms with Crippen LogP contribution in [0.25, 0.3) is 0 Å². The van der Waals surface area contributed by atoms with Gasteiger partial charge in [-0.3, -0.25) is 4.90 Å². The Morgan fingerprint density at radius 1 is 0.857 bits per heavy atom. The summed E-state index contributed by atoms with van der Waals surface area (Å²) in [6.07, 6.45) is 0. The number of nitrogens with zero attached hydrogens (tertiary/aromatic N) is 1. The fraction of sp³-hybridized carbons (Fsp3) is 0.368. The first-order chi connectivity index (χ1) is 10.1. The third kappa shape index (κ3) is 2.74. The number of benzene rings is 2. The molecule has 0 saturated carbocycles. The van der Waals surface area contributed by atoms with Crippen LogP contribution in [0, 0.1) is 5.92 Å². The highest BCUT2D eigenvalue weighted by atomic mass is 16.3. The monoisotopic (exact) mass is 281 g/mol. The van der Waals surface area contributed by atoms with E-state index in [0.717, 1.165) is 13.1 Å². The zero-order valence-corrected chi connectivity index (χ0v) is 12.7. The van der Waals surface area contributed by atoms with Crippen LogP contribution in [0.3, 0.4) is 0 Å². The summed E-state index contributed by atoms with van der Waals surface area (Å²) in [5.74, 6) is 0.293. The molecule has 1 saturated heterocycles. The van der Waals surface area contributed by atoms with E-state index < -0.39 is 5.60 Å². The minimum atomic E-state index is -0.540. The lowest BCUT2D eigenvalue weighted by molar-refractivity contribution is -0.138. The van der Waals surface area contributed by atoms with Crippen molar-refractivity contribution in [2.75, 3.05) is 13.1 Å². The first-order valence-electron chi connectivity index (χ1n) is 7.66. The second-order valence-corrected chi connectivity index (χ2v) is 6.39. The average Bonchev–Trinajstić information content (AvgIpc) is 2.47. The van der Waals surface area contributed by atoms with Crippen molar-refractivity contribution in [2.45, 2.75) is 25.5 Å². The maximum atomic E-state index is 10.6. The summed E-state index contributed by atoms with van der Waals surface area (Å²) < 4.78 is 0. The third-order valence-electron chi connectivity index (χ3n) is 4.62. The second kappa shape index (κ2) is 5.63.